The maximum atomic E-state index is 13.4. The molecule has 0 aliphatic carbocycles. The zero-order valence-electron chi connectivity index (χ0n) is 11.8. The molecule has 0 atom stereocenters. The molecule has 3 N–H and O–H groups in total. The molecule has 8 heteroatoms. The Kier molecular flexibility index (Phi) is 6.01. The van der Waals surface area contributed by atoms with Crippen molar-refractivity contribution in [3.63, 3.8) is 0 Å². The second-order valence-corrected chi connectivity index (χ2v) is 4.12. The smallest absolute Gasteiger partial charge is 0.246 e. The monoisotopic (exact) mass is 302 g/mol. The minimum Gasteiger partial charge on any atom is -0.370 e. The number of aliphatic imine (C=N–C) groups is 1. The van der Waals surface area contributed by atoms with E-state index in [-0.39, 0.29) is 12.5 Å². The van der Waals surface area contributed by atoms with Crippen LogP contribution >= 0.6 is 0 Å². The van der Waals surface area contributed by atoms with Gasteiger partial charge in [-0.1, -0.05) is 0 Å². The quantitative estimate of drug-likeness (QED) is 0.494. The zero-order chi connectivity index (χ0) is 16.0. The molecular formula is C13H17F3N4O. The average Bonchev–Trinajstić information content (AvgIpc) is 2.47. The number of carbonyl (C=O) groups is 1. The van der Waals surface area contributed by atoms with E-state index in [1.807, 2.05) is 13.8 Å². The van der Waals surface area contributed by atoms with Gasteiger partial charge in [0.1, 0.15) is 6.54 Å². The highest BCUT2D eigenvalue weighted by molar-refractivity contribution is 5.94. The number of hydrogen-bond donors (Lipinski definition) is 2. The highest BCUT2D eigenvalue weighted by Gasteiger charge is 2.15. The maximum Gasteiger partial charge on any atom is 0.246 e. The highest BCUT2D eigenvalue weighted by Crippen LogP contribution is 2.19. The van der Waals surface area contributed by atoms with E-state index in [9.17, 15) is 18.0 Å². The van der Waals surface area contributed by atoms with Gasteiger partial charge in [0.05, 0.1) is 5.69 Å². The Bertz CT molecular complexity index is 544. The van der Waals surface area contributed by atoms with Gasteiger partial charge in [0.2, 0.25) is 5.91 Å². The molecule has 0 heterocycles. The summed E-state index contributed by atoms with van der Waals surface area (Å²) in [6, 6.07) is 1.66. The molecule has 1 aromatic carbocycles. The Morgan fingerprint density at radius 3 is 2.43 bits per heavy atom. The molecule has 0 fully saturated rings. The first-order chi connectivity index (χ1) is 9.90. The van der Waals surface area contributed by atoms with Crippen LogP contribution in [0.1, 0.15) is 13.8 Å². The van der Waals surface area contributed by atoms with Crippen LogP contribution in [0.3, 0.4) is 0 Å². The number of nitrogens with two attached hydrogens (primary N) is 1. The number of hydrogen-bond acceptors (Lipinski definition) is 2. The van der Waals surface area contributed by atoms with E-state index < -0.39 is 29.0 Å². The molecule has 0 aliphatic heterocycles. The Balaban J connectivity index is 2.71. The highest BCUT2D eigenvalue weighted by atomic mass is 19.2. The van der Waals surface area contributed by atoms with Crippen molar-refractivity contribution >= 4 is 17.6 Å². The molecule has 5 nitrogen and oxygen atoms in total. The van der Waals surface area contributed by atoms with Crippen LogP contribution in [0, 0.1) is 17.5 Å². The van der Waals surface area contributed by atoms with Crippen molar-refractivity contribution in [3.8, 4) is 0 Å². The number of nitrogens with zero attached hydrogens (tertiary/aromatic N) is 2. The van der Waals surface area contributed by atoms with E-state index in [0.29, 0.717) is 13.1 Å². The molecule has 1 aromatic rings. The summed E-state index contributed by atoms with van der Waals surface area (Å²) in [5.41, 5.74) is 5.22. The molecule has 0 aromatic heterocycles. The lowest BCUT2D eigenvalue weighted by Crippen LogP contribution is -2.37. The topological polar surface area (TPSA) is 70.7 Å². The molecular weight excluding hydrogens is 285 g/mol. The molecule has 116 valence electrons. The first kappa shape index (κ1) is 16.8. The second-order valence-electron chi connectivity index (χ2n) is 4.12. The summed E-state index contributed by atoms with van der Waals surface area (Å²) in [4.78, 5) is 17.2. The lowest BCUT2D eigenvalue weighted by atomic mass is 10.3. The first-order valence-electron chi connectivity index (χ1n) is 6.38. The van der Waals surface area contributed by atoms with Gasteiger partial charge in [0, 0.05) is 13.1 Å². The summed E-state index contributed by atoms with van der Waals surface area (Å²) in [6.45, 7) is 4.67. The molecule has 0 radical (unpaired) electrons. The number of halogens is 3. The number of benzene rings is 1. The largest absolute Gasteiger partial charge is 0.370 e. The standard InChI is InChI=1S/C13H17F3N4O/c1-3-20(4-2)13(17)18-7-10(21)19-9-6-5-8(14)11(15)12(9)16/h5-6H,3-4,7H2,1-2H3,(H2,17,18)(H,19,21). The van der Waals surface area contributed by atoms with Crippen molar-refractivity contribution in [2.24, 2.45) is 10.7 Å². The van der Waals surface area contributed by atoms with Crippen molar-refractivity contribution in [1.82, 2.24) is 4.90 Å². The fourth-order valence-corrected chi connectivity index (χ4v) is 1.61. The molecule has 1 rings (SSSR count). The molecule has 21 heavy (non-hydrogen) atoms. The van der Waals surface area contributed by atoms with Gasteiger partial charge in [-0.05, 0) is 26.0 Å². The van der Waals surface area contributed by atoms with Crippen LogP contribution in [0.25, 0.3) is 0 Å². The average molecular weight is 302 g/mol. The van der Waals surface area contributed by atoms with Crippen LogP contribution < -0.4 is 11.1 Å². The number of guanidine groups is 1. The molecule has 0 unspecified atom stereocenters. The molecule has 0 saturated carbocycles. The third-order valence-electron chi connectivity index (χ3n) is 2.78. The summed E-state index contributed by atoms with van der Waals surface area (Å²) in [5, 5.41) is 2.11. The number of nitrogens with one attached hydrogen (secondary N) is 1. The fraction of sp³-hybridized carbons (Fsp3) is 0.385. The maximum absolute atomic E-state index is 13.4. The van der Waals surface area contributed by atoms with Crippen LogP contribution in [0.5, 0.6) is 0 Å². The van der Waals surface area contributed by atoms with Gasteiger partial charge in [-0.25, -0.2) is 18.2 Å². The van der Waals surface area contributed by atoms with E-state index in [2.05, 4.69) is 10.3 Å². The van der Waals surface area contributed by atoms with Gasteiger partial charge in [-0.2, -0.15) is 0 Å². The van der Waals surface area contributed by atoms with Crippen molar-refractivity contribution in [3.05, 3.63) is 29.6 Å². The van der Waals surface area contributed by atoms with Crippen LogP contribution in [0.2, 0.25) is 0 Å². The lowest BCUT2D eigenvalue weighted by molar-refractivity contribution is -0.114. The second kappa shape index (κ2) is 7.51. The van der Waals surface area contributed by atoms with Crippen LogP contribution in [0.15, 0.2) is 17.1 Å². The normalized spacial score (nSPS) is 11.4. The summed E-state index contributed by atoms with van der Waals surface area (Å²) < 4.78 is 39.1. The zero-order valence-corrected chi connectivity index (χ0v) is 11.8. The Morgan fingerprint density at radius 2 is 1.86 bits per heavy atom. The van der Waals surface area contributed by atoms with E-state index >= 15 is 0 Å². The van der Waals surface area contributed by atoms with Gasteiger partial charge >= 0.3 is 0 Å². The Labute approximate surface area is 120 Å². The van der Waals surface area contributed by atoms with Crippen molar-refractivity contribution in [2.45, 2.75) is 13.8 Å². The van der Waals surface area contributed by atoms with Gasteiger partial charge in [-0.15, -0.1) is 0 Å². The predicted molar refractivity (Wildman–Crippen MR) is 74.4 cm³/mol. The van der Waals surface area contributed by atoms with Crippen molar-refractivity contribution in [2.75, 3.05) is 25.0 Å². The molecule has 0 saturated heterocycles. The Morgan fingerprint density at radius 1 is 1.24 bits per heavy atom. The van der Waals surface area contributed by atoms with Crippen LogP contribution in [-0.4, -0.2) is 36.4 Å². The number of rotatable bonds is 5. The third-order valence-corrected chi connectivity index (χ3v) is 2.78. The first-order valence-corrected chi connectivity index (χ1v) is 6.38. The number of anilines is 1. The van der Waals surface area contributed by atoms with Crippen LogP contribution in [0.4, 0.5) is 18.9 Å². The lowest BCUT2D eigenvalue weighted by Gasteiger charge is -2.19. The predicted octanol–water partition coefficient (Wildman–Crippen LogP) is 1.70. The Hall–Kier alpha value is -2.25. The minimum atomic E-state index is -1.64. The van der Waals surface area contributed by atoms with Gasteiger partial charge in [-0.3, -0.25) is 4.79 Å². The number of amides is 1. The number of carbonyl (C=O) groups excluding carboxylic acids is 1. The van der Waals surface area contributed by atoms with E-state index in [4.69, 9.17) is 5.73 Å². The van der Waals surface area contributed by atoms with Gasteiger partial charge in [0.25, 0.3) is 0 Å². The summed E-state index contributed by atoms with van der Waals surface area (Å²) >= 11 is 0. The third kappa shape index (κ3) is 4.37. The molecule has 0 aliphatic rings. The summed E-state index contributed by atoms with van der Waals surface area (Å²) in [5.74, 6) is -4.92. The molecule has 0 bridgehead atoms. The van der Waals surface area contributed by atoms with Gasteiger partial charge in [0.15, 0.2) is 23.4 Å². The van der Waals surface area contributed by atoms with E-state index in [1.54, 1.807) is 4.90 Å². The van der Waals surface area contributed by atoms with Gasteiger partial charge < -0.3 is 16.0 Å². The fourth-order valence-electron chi connectivity index (χ4n) is 1.61. The van der Waals surface area contributed by atoms with E-state index in [1.165, 1.54) is 0 Å². The van der Waals surface area contributed by atoms with Crippen molar-refractivity contribution in [1.29, 1.82) is 0 Å². The summed E-state index contributed by atoms with van der Waals surface area (Å²) in [7, 11) is 0. The van der Waals surface area contributed by atoms with Crippen LogP contribution in [-0.2, 0) is 4.79 Å². The molecule has 0 spiro atoms. The van der Waals surface area contributed by atoms with E-state index in [0.717, 1.165) is 12.1 Å². The van der Waals surface area contributed by atoms with Crippen molar-refractivity contribution < 1.29 is 18.0 Å². The minimum absolute atomic E-state index is 0.181. The summed E-state index contributed by atoms with van der Waals surface area (Å²) in [6.07, 6.45) is 0. The molecule has 1 amide bonds. The SMILES string of the molecule is CCN(CC)C(N)=NCC(=O)Nc1ccc(F)c(F)c1F.